The Bertz CT molecular complexity index is 1260. The van der Waals surface area contributed by atoms with Crippen LogP contribution >= 0.6 is 0 Å². The Morgan fingerprint density at radius 2 is 1.36 bits per heavy atom. The second-order valence-electron chi connectivity index (χ2n) is 10.2. The SMILES string of the molecule is CCCCN(CCCC)c1ccc(C2=C(O)C(=C3C=CC(=[N+](CCCC)CCCS(=O)(=O)O)C=C3)C2=O)cc1. The summed E-state index contributed by atoms with van der Waals surface area (Å²) < 4.78 is 33.3. The van der Waals surface area contributed by atoms with Crippen LogP contribution in [0.4, 0.5) is 5.69 Å². The smallest absolute Gasteiger partial charge is 0.265 e. The van der Waals surface area contributed by atoms with Gasteiger partial charge in [-0.3, -0.25) is 9.35 Å². The Hall–Kier alpha value is -2.97. The second-order valence-corrected chi connectivity index (χ2v) is 11.8. The third-order valence-electron chi connectivity index (χ3n) is 7.15. The van der Waals surface area contributed by atoms with Crippen LogP contribution in [0, 0.1) is 0 Å². The lowest BCUT2D eigenvalue weighted by atomic mass is 9.80. The fourth-order valence-corrected chi connectivity index (χ4v) is 5.33. The molecule has 0 saturated heterocycles. The first-order valence-electron chi connectivity index (χ1n) is 14.2. The summed E-state index contributed by atoms with van der Waals surface area (Å²) in [4.78, 5) is 15.5. The molecule has 0 saturated carbocycles. The van der Waals surface area contributed by atoms with Crippen LogP contribution in [-0.2, 0) is 14.9 Å². The zero-order valence-corrected chi connectivity index (χ0v) is 24.3. The Kier molecular flexibility index (Phi) is 11.3. The molecule has 2 aliphatic rings. The number of anilines is 1. The first-order valence-corrected chi connectivity index (χ1v) is 15.8. The highest BCUT2D eigenvalue weighted by Gasteiger charge is 2.36. The number of allylic oxidation sites excluding steroid dienone is 7. The Morgan fingerprint density at radius 1 is 0.795 bits per heavy atom. The minimum Gasteiger partial charge on any atom is -0.506 e. The number of carbonyl (C=O) groups is 1. The average molecular weight is 556 g/mol. The number of hydrogen-bond donors (Lipinski definition) is 2. The molecule has 0 aliphatic heterocycles. The van der Waals surface area contributed by atoms with Crippen LogP contribution in [-0.4, -0.2) is 66.1 Å². The summed E-state index contributed by atoms with van der Waals surface area (Å²) in [6, 6.07) is 7.91. The molecule has 1 aromatic carbocycles. The zero-order valence-electron chi connectivity index (χ0n) is 23.5. The fraction of sp³-hybridized carbons (Fsp3) is 0.484. The molecule has 39 heavy (non-hydrogen) atoms. The van der Waals surface area contributed by atoms with Crippen molar-refractivity contribution >= 4 is 32.9 Å². The van der Waals surface area contributed by atoms with Crippen LogP contribution in [0.5, 0.6) is 0 Å². The molecule has 7 nitrogen and oxygen atoms in total. The maximum Gasteiger partial charge on any atom is 0.265 e. The van der Waals surface area contributed by atoms with Gasteiger partial charge in [0.05, 0.1) is 16.9 Å². The number of hydrogen-bond acceptors (Lipinski definition) is 5. The fourth-order valence-electron chi connectivity index (χ4n) is 4.84. The molecule has 0 aromatic heterocycles. The normalized spacial score (nSPS) is 15.3. The first kappa shape index (κ1) is 30.6. The highest BCUT2D eigenvalue weighted by atomic mass is 32.2. The number of rotatable bonds is 15. The van der Waals surface area contributed by atoms with E-state index in [2.05, 4.69) is 30.2 Å². The molecule has 0 radical (unpaired) electrons. The van der Waals surface area contributed by atoms with Gasteiger partial charge in [0.2, 0.25) is 5.78 Å². The van der Waals surface area contributed by atoms with Crippen LogP contribution in [0.2, 0.25) is 0 Å². The predicted molar refractivity (Wildman–Crippen MR) is 159 cm³/mol. The quantitative estimate of drug-likeness (QED) is 0.159. The number of ketones is 1. The third-order valence-corrected chi connectivity index (χ3v) is 7.95. The van der Waals surface area contributed by atoms with Crippen LogP contribution in [0.1, 0.15) is 71.3 Å². The second kappa shape index (κ2) is 14.4. The largest absolute Gasteiger partial charge is 0.506 e. The van der Waals surface area contributed by atoms with Crippen molar-refractivity contribution in [3.05, 3.63) is 71.0 Å². The van der Waals surface area contributed by atoms with E-state index >= 15 is 0 Å². The predicted octanol–water partition coefficient (Wildman–Crippen LogP) is 5.90. The molecule has 8 heteroatoms. The van der Waals surface area contributed by atoms with E-state index in [1.165, 1.54) is 0 Å². The Balaban J connectivity index is 1.78. The van der Waals surface area contributed by atoms with Crippen LogP contribution in [0.25, 0.3) is 5.57 Å². The first-order chi connectivity index (χ1) is 18.7. The van der Waals surface area contributed by atoms with Crippen molar-refractivity contribution in [1.29, 1.82) is 0 Å². The van der Waals surface area contributed by atoms with Gasteiger partial charge in [-0.1, -0.05) is 52.2 Å². The van der Waals surface area contributed by atoms with Gasteiger partial charge in [0.25, 0.3) is 10.1 Å². The van der Waals surface area contributed by atoms with E-state index in [4.69, 9.17) is 4.55 Å². The molecule has 0 spiro atoms. The number of nitrogens with zero attached hydrogens (tertiary/aromatic N) is 2. The molecule has 0 fully saturated rings. The Labute approximate surface area is 233 Å². The molecule has 2 aliphatic carbocycles. The zero-order chi connectivity index (χ0) is 28.4. The lowest BCUT2D eigenvalue weighted by Crippen LogP contribution is -2.26. The molecular formula is C31H43N2O5S+. The number of aliphatic hydroxyl groups excluding tert-OH is 1. The molecule has 3 rings (SSSR count). The molecular weight excluding hydrogens is 512 g/mol. The monoisotopic (exact) mass is 555 g/mol. The maximum atomic E-state index is 13.1. The van der Waals surface area contributed by atoms with E-state index in [9.17, 15) is 18.3 Å². The molecule has 212 valence electrons. The Morgan fingerprint density at radius 3 is 1.87 bits per heavy atom. The van der Waals surface area contributed by atoms with Gasteiger partial charge in [-0.25, -0.2) is 4.58 Å². The van der Waals surface area contributed by atoms with Gasteiger partial charge in [0, 0.05) is 43.8 Å². The summed E-state index contributed by atoms with van der Waals surface area (Å²) >= 11 is 0. The molecule has 1 aromatic rings. The number of carbonyl (C=O) groups excluding carboxylic acids is 1. The number of benzene rings is 1. The minimum absolute atomic E-state index is 0.0188. The van der Waals surface area contributed by atoms with Crippen molar-refractivity contribution in [2.45, 2.75) is 65.7 Å². The molecule has 2 N–H and O–H groups in total. The van der Waals surface area contributed by atoms with E-state index in [0.717, 1.165) is 75.1 Å². The average Bonchev–Trinajstić information content (AvgIpc) is 2.91. The third kappa shape index (κ3) is 8.26. The maximum absolute atomic E-state index is 13.1. The van der Waals surface area contributed by atoms with E-state index < -0.39 is 10.1 Å². The summed E-state index contributed by atoms with van der Waals surface area (Å²) in [6.45, 7) is 9.74. The molecule has 0 atom stereocenters. The minimum atomic E-state index is -3.99. The summed E-state index contributed by atoms with van der Waals surface area (Å²) in [7, 11) is -3.99. The highest BCUT2D eigenvalue weighted by Crippen LogP contribution is 2.39. The lowest BCUT2D eigenvalue weighted by Gasteiger charge is -2.26. The number of Topliss-reactive ketones (excluding diaryl/α,β-unsaturated/α-hetero) is 1. The van der Waals surface area contributed by atoms with E-state index in [1.807, 2.05) is 48.6 Å². The summed E-state index contributed by atoms with van der Waals surface area (Å²) in [5.41, 5.74) is 4.09. The van der Waals surface area contributed by atoms with Crippen LogP contribution in [0.3, 0.4) is 0 Å². The number of aliphatic hydroxyl groups is 1. The van der Waals surface area contributed by atoms with Crippen molar-refractivity contribution in [3.63, 3.8) is 0 Å². The van der Waals surface area contributed by atoms with E-state index in [-0.39, 0.29) is 17.3 Å². The number of unbranched alkanes of at least 4 members (excludes halogenated alkanes) is 3. The van der Waals surface area contributed by atoms with Gasteiger partial charge in [-0.2, -0.15) is 8.42 Å². The summed E-state index contributed by atoms with van der Waals surface area (Å²) in [6.07, 6.45) is 14.2. The van der Waals surface area contributed by atoms with Crippen molar-refractivity contribution < 1.29 is 27.4 Å². The standard InChI is InChI=1S/C31H42N2O5S/c1-4-7-19-32(20-8-5-2)26-15-11-24(12-16-26)28-30(34)29(31(28)35)25-13-17-27(18-14-25)33(21-9-6-3)22-10-23-39(36,37)38/h11-18H,4-10,19-23H2,1-3H3,(H-,34,35,36,37,38)/p+1. The van der Waals surface area contributed by atoms with Crippen molar-refractivity contribution in [1.82, 2.24) is 0 Å². The van der Waals surface area contributed by atoms with Gasteiger partial charge >= 0.3 is 0 Å². The molecule has 0 heterocycles. The molecule has 0 bridgehead atoms. The van der Waals surface area contributed by atoms with Crippen molar-refractivity contribution in [2.24, 2.45) is 0 Å². The molecule has 0 amide bonds. The van der Waals surface area contributed by atoms with E-state index in [0.29, 0.717) is 29.7 Å². The van der Waals surface area contributed by atoms with E-state index in [1.54, 1.807) is 0 Å². The van der Waals surface area contributed by atoms with Crippen LogP contribution in [0.15, 0.2) is 65.5 Å². The van der Waals surface area contributed by atoms with Crippen molar-refractivity contribution in [3.8, 4) is 0 Å². The van der Waals surface area contributed by atoms with Gasteiger partial charge < -0.3 is 10.0 Å². The molecule has 0 unspecified atom stereocenters. The van der Waals surface area contributed by atoms with Gasteiger partial charge in [-0.05, 0) is 48.3 Å². The summed E-state index contributed by atoms with van der Waals surface area (Å²) in [5.74, 6) is -0.430. The van der Waals surface area contributed by atoms with Gasteiger partial charge in [0.15, 0.2) is 5.71 Å². The van der Waals surface area contributed by atoms with Gasteiger partial charge in [0.1, 0.15) is 18.8 Å². The van der Waals surface area contributed by atoms with Gasteiger partial charge in [-0.15, -0.1) is 0 Å². The topological polar surface area (TPSA) is 97.9 Å². The summed E-state index contributed by atoms with van der Waals surface area (Å²) in [5, 5.41) is 10.9. The highest BCUT2D eigenvalue weighted by molar-refractivity contribution is 7.85. The van der Waals surface area contributed by atoms with Crippen molar-refractivity contribution in [2.75, 3.05) is 36.8 Å². The lowest BCUT2D eigenvalue weighted by molar-refractivity contribution is -0.526. The van der Waals surface area contributed by atoms with Crippen LogP contribution < -0.4 is 4.90 Å².